The first-order chi connectivity index (χ1) is 10.0. The molecule has 1 aliphatic carbocycles. The number of aryl methyl sites for hydroxylation is 1. The number of hydrogen-bond donors (Lipinski definition) is 1. The summed E-state index contributed by atoms with van der Waals surface area (Å²) in [6.07, 6.45) is 2.17. The first-order valence-corrected chi connectivity index (χ1v) is 8.83. The Balaban J connectivity index is 2.34. The smallest absolute Gasteiger partial charge is 0.282 e. The molecule has 0 saturated carbocycles. The van der Waals surface area contributed by atoms with Crippen LogP contribution in [-0.4, -0.2) is 48.9 Å². The molecule has 0 bridgehead atoms. The maximum atomic E-state index is 12.7. The number of hydrogen-bond acceptors (Lipinski definition) is 3. The SMILES string of the molecule is CCN(C)S(=O)(=O)N(CCCO)C1CCc2ccccc21. The molecule has 1 aliphatic rings. The molecule has 0 amide bonds. The molecule has 0 aromatic heterocycles. The Bertz CT molecular complexity index is 574. The highest BCUT2D eigenvalue weighted by molar-refractivity contribution is 7.86. The second kappa shape index (κ2) is 6.87. The highest BCUT2D eigenvalue weighted by atomic mass is 32.2. The minimum absolute atomic E-state index is 0.00374. The van der Waals surface area contributed by atoms with Crippen molar-refractivity contribution < 1.29 is 13.5 Å². The van der Waals surface area contributed by atoms with E-state index in [0.29, 0.717) is 19.5 Å². The maximum Gasteiger partial charge on any atom is 0.282 e. The average molecular weight is 312 g/mol. The van der Waals surface area contributed by atoms with E-state index >= 15 is 0 Å². The van der Waals surface area contributed by atoms with E-state index in [0.717, 1.165) is 18.4 Å². The van der Waals surface area contributed by atoms with Crippen LogP contribution in [0.3, 0.4) is 0 Å². The van der Waals surface area contributed by atoms with Gasteiger partial charge in [-0.25, -0.2) is 0 Å². The maximum absolute atomic E-state index is 12.7. The van der Waals surface area contributed by atoms with E-state index in [1.54, 1.807) is 11.4 Å². The monoisotopic (exact) mass is 312 g/mol. The van der Waals surface area contributed by atoms with Crippen LogP contribution >= 0.6 is 0 Å². The quantitative estimate of drug-likeness (QED) is 0.831. The van der Waals surface area contributed by atoms with Crippen LogP contribution in [0.5, 0.6) is 0 Å². The zero-order chi connectivity index (χ0) is 15.5. The number of rotatable bonds is 7. The fraction of sp³-hybridized carbons (Fsp3) is 0.600. The van der Waals surface area contributed by atoms with E-state index in [4.69, 9.17) is 5.11 Å². The molecule has 1 aromatic carbocycles. The summed E-state index contributed by atoms with van der Waals surface area (Å²) >= 11 is 0. The van der Waals surface area contributed by atoms with Gasteiger partial charge in [0.05, 0.1) is 6.04 Å². The molecule has 21 heavy (non-hydrogen) atoms. The van der Waals surface area contributed by atoms with Gasteiger partial charge in [-0.3, -0.25) is 0 Å². The van der Waals surface area contributed by atoms with E-state index in [1.165, 1.54) is 9.87 Å². The number of benzene rings is 1. The van der Waals surface area contributed by atoms with Crippen molar-refractivity contribution in [3.05, 3.63) is 35.4 Å². The van der Waals surface area contributed by atoms with Crippen LogP contribution in [0.1, 0.15) is 36.9 Å². The summed E-state index contributed by atoms with van der Waals surface area (Å²) in [5.41, 5.74) is 2.33. The van der Waals surface area contributed by atoms with Gasteiger partial charge in [0.2, 0.25) is 0 Å². The van der Waals surface area contributed by atoms with Crippen molar-refractivity contribution in [3.8, 4) is 0 Å². The Kier molecular flexibility index (Phi) is 5.37. The number of nitrogens with zero attached hydrogens (tertiary/aromatic N) is 2. The third-order valence-electron chi connectivity index (χ3n) is 4.12. The van der Waals surface area contributed by atoms with Gasteiger partial charge < -0.3 is 5.11 Å². The van der Waals surface area contributed by atoms with Crippen LogP contribution in [-0.2, 0) is 16.6 Å². The fourth-order valence-corrected chi connectivity index (χ4v) is 4.42. The Labute approximate surface area is 127 Å². The van der Waals surface area contributed by atoms with Crippen molar-refractivity contribution in [2.24, 2.45) is 0 Å². The molecule has 1 atom stereocenters. The third-order valence-corrected chi connectivity index (χ3v) is 6.20. The first-order valence-electron chi connectivity index (χ1n) is 7.44. The lowest BCUT2D eigenvalue weighted by molar-refractivity contribution is 0.241. The molecular weight excluding hydrogens is 288 g/mol. The van der Waals surface area contributed by atoms with Gasteiger partial charge in [-0.1, -0.05) is 31.2 Å². The van der Waals surface area contributed by atoms with Crippen LogP contribution in [0, 0.1) is 0 Å². The minimum Gasteiger partial charge on any atom is -0.396 e. The molecule has 118 valence electrons. The lowest BCUT2D eigenvalue weighted by Crippen LogP contribution is -2.44. The minimum atomic E-state index is -3.49. The number of aliphatic hydroxyl groups is 1. The van der Waals surface area contributed by atoms with E-state index < -0.39 is 10.2 Å². The molecule has 0 aliphatic heterocycles. The predicted molar refractivity (Wildman–Crippen MR) is 83.1 cm³/mol. The summed E-state index contributed by atoms with van der Waals surface area (Å²) in [6.45, 7) is 2.61. The van der Waals surface area contributed by atoms with E-state index in [1.807, 2.05) is 25.1 Å². The van der Waals surface area contributed by atoms with Gasteiger partial charge in [0.1, 0.15) is 0 Å². The van der Waals surface area contributed by atoms with Gasteiger partial charge in [0, 0.05) is 26.7 Å². The highest BCUT2D eigenvalue weighted by Gasteiger charge is 2.36. The van der Waals surface area contributed by atoms with Gasteiger partial charge in [0.15, 0.2) is 0 Å². The molecule has 1 unspecified atom stereocenters. The lowest BCUT2D eigenvalue weighted by Gasteiger charge is -2.32. The lowest BCUT2D eigenvalue weighted by atomic mass is 10.1. The summed E-state index contributed by atoms with van der Waals surface area (Å²) < 4.78 is 28.4. The van der Waals surface area contributed by atoms with Crippen LogP contribution < -0.4 is 0 Å². The van der Waals surface area contributed by atoms with Crippen molar-refractivity contribution in [3.63, 3.8) is 0 Å². The van der Waals surface area contributed by atoms with Crippen molar-refractivity contribution in [1.29, 1.82) is 0 Å². The first kappa shape index (κ1) is 16.4. The molecule has 2 rings (SSSR count). The predicted octanol–water partition coefficient (Wildman–Crippen LogP) is 1.55. The van der Waals surface area contributed by atoms with Gasteiger partial charge in [-0.15, -0.1) is 0 Å². The average Bonchev–Trinajstić information content (AvgIpc) is 2.90. The zero-order valence-electron chi connectivity index (χ0n) is 12.7. The van der Waals surface area contributed by atoms with Crippen molar-refractivity contribution >= 4 is 10.2 Å². The van der Waals surface area contributed by atoms with Gasteiger partial charge in [0.25, 0.3) is 10.2 Å². The largest absolute Gasteiger partial charge is 0.396 e. The number of aliphatic hydroxyl groups excluding tert-OH is 1. The van der Waals surface area contributed by atoms with Gasteiger partial charge in [-0.2, -0.15) is 17.0 Å². The van der Waals surface area contributed by atoms with Crippen LogP contribution in [0.2, 0.25) is 0 Å². The standard InChI is InChI=1S/C15H24N2O3S/c1-3-16(2)21(19,20)17(11-6-12-18)15-10-9-13-7-4-5-8-14(13)15/h4-5,7-8,15,18H,3,6,9-12H2,1-2H3. The Morgan fingerprint density at radius 3 is 2.71 bits per heavy atom. The summed E-state index contributed by atoms with van der Waals surface area (Å²) in [4.78, 5) is 0. The molecule has 5 nitrogen and oxygen atoms in total. The van der Waals surface area contributed by atoms with Gasteiger partial charge >= 0.3 is 0 Å². The summed E-state index contributed by atoms with van der Waals surface area (Å²) in [7, 11) is -1.89. The molecule has 1 aromatic rings. The highest BCUT2D eigenvalue weighted by Crippen LogP contribution is 2.37. The van der Waals surface area contributed by atoms with Crippen LogP contribution in [0.4, 0.5) is 0 Å². The zero-order valence-corrected chi connectivity index (χ0v) is 13.5. The van der Waals surface area contributed by atoms with Crippen LogP contribution in [0.15, 0.2) is 24.3 Å². The second-order valence-electron chi connectivity index (χ2n) is 5.36. The fourth-order valence-electron chi connectivity index (χ4n) is 2.83. The van der Waals surface area contributed by atoms with Gasteiger partial charge in [-0.05, 0) is 30.4 Å². The van der Waals surface area contributed by atoms with Crippen LogP contribution in [0.25, 0.3) is 0 Å². The molecular formula is C15H24N2O3S. The second-order valence-corrected chi connectivity index (χ2v) is 7.35. The van der Waals surface area contributed by atoms with E-state index in [-0.39, 0.29) is 12.6 Å². The van der Waals surface area contributed by atoms with Crippen molar-refractivity contribution in [1.82, 2.24) is 8.61 Å². The van der Waals surface area contributed by atoms with E-state index in [9.17, 15) is 8.42 Å². The molecule has 0 radical (unpaired) electrons. The normalized spacial score (nSPS) is 18.4. The Morgan fingerprint density at radius 2 is 2.05 bits per heavy atom. The summed E-state index contributed by atoms with van der Waals surface area (Å²) in [5, 5.41) is 9.08. The van der Waals surface area contributed by atoms with Crippen molar-refractivity contribution in [2.75, 3.05) is 26.7 Å². The topological polar surface area (TPSA) is 60.9 Å². The molecule has 0 fully saturated rings. The van der Waals surface area contributed by atoms with E-state index in [2.05, 4.69) is 6.07 Å². The molecule has 0 saturated heterocycles. The Morgan fingerprint density at radius 1 is 1.33 bits per heavy atom. The Hall–Kier alpha value is -0.950. The summed E-state index contributed by atoms with van der Waals surface area (Å²) in [6, 6.07) is 7.91. The summed E-state index contributed by atoms with van der Waals surface area (Å²) in [5.74, 6) is 0. The molecule has 0 spiro atoms. The molecule has 0 heterocycles. The number of fused-ring (bicyclic) bond motifs is 1. The molecule has 1 N–H and O–H groups in total. The molecule has 6 heteroatoms. The van der Waals surface area contributed by atoms with Crippen molar-refractivity contribution in [2.45, 2.75) is 32.2 Å². The third kappa shape index (κ3) is 3.29.